The highest BCUT2D eigenvalue weighted by atomic mass is 35.5. The highest BCUT2D eigenvalue weighted by Gasteiger charge is 2.36. The van der Waals surface area contributed by atoms with Crippen LogP contribution in [0.4, 0.5) is 0 Å². The molecular weight excluding hydrogens is 352 g/mol. The van der Waals surface area contributed by atoms with Crippen LogP contribution in [0.15, 0.2) is 24.3 Å². The lowest BCUT2D eigenvalue weighted by Crippen LogP contribution is -2.51. The highest BCUT2D eigenvalue weighted by molar-refractivity contribution is 5.85. The molecule has 26 heavy (non-hydrogen) atoms. The van der Waals surface area contributed by atoms with Crippen LogP contribution in [0.1, 0.15) is 32.3 Å². The third kappa shape index (κ3) is 4.70. The molecule has 2 aliphatic heterocycles. The van der Waals surface area contributed by atoms with Gasteiger partial charge in [0.2, 0.25) is 5.91 Å². The number of carbonyl (C=O) groups excluding carboxylic acids is 1. The minimum absolute atomic E-state index is 0. The number of ether oxygens (including phenoxy) is 2. The van der Waals surface area contributed by atoms with E-state index in [0.29, 0.717) is 19.1 Å². The Balaban J connectivity index is 0.00000243. The summed E-state index contributed by atoms with van der Waals surface area (Å²) in [5.41, 5.74) is 1.22. The summed E-state index contributed by atoms with van der Waals surface area (Å²) in [5.74, 6) is 1.60. The van der Waals surface area contributed by atoms with Gasteiger partial charge in [-0.05, 0) is 56.5 Å². The summed E-state index contributed by atoms with van der Waals surface area (Å²) < 4.78 is 11.1. The molecule has 2 saturated heterocycles. The van der Waals surface area contributed by atoms with Crippen molar-refractivity contribution in [2.45, 2.75) is 32.1 Å². The first kappa shape index (κ1) is 21.0. The first-order valence-corrected chi connectivity index (χ1v) is 9.44. The van der Waals surface area contributed by atoms with E-state index in [-0.39, 0.29) is 29.6 Å². The molecule has 2 N–H and O–H groups in total. The molecule has 1 amide bonds. The first-order chi connectivity index (χ1) is 12.1. The smallest absolute Gasteiger partial charge is 0.223 e. The van der Waals surface area contributed by atoms with E-state index >= 15 is 0 Å². The van der Waals surface area contributed by atoms with Crippen LogP contribution in [-0.2, 0) is 14.9 Å². The van der Waals surface area contributed by atoms with Gasteiger partial charge in [0, 0.05) is 31.1 Å². The lowest BCUT2D eigenvalue weighted by Gasteiger charge is -2.39. The number of hydrogen-bond acceptors (Lipinski definition) is 4. The second-order valence-corrected chi connectivity index (χ2v) is 7.27. The summed E-state index contributed by atoms with van der Waals surface area (Å²) in [7, 11) is 0. The molecule has 1 unspecified atom stereocenters. The normalized spacial score (nSPS) is 20.4. The number of rotatable bonds is 7. The van der Waals surface area contributed by atoms with Gasteiger partial charge in [0.05, 0.1) is 6.61 Å². The number of halogens is 1. The topological polar surface area (TPSA) is 59.6 Å². The van der Waals surface area contributed by atoms with Crippen molar-refractivity contribution >= 4 is 18.3 Å². The monoisotopic (exact) mass is 382 g/mol. The number of carbonyl (C=O) groups is 1. The molecule has 2 heterocycles. The lowest BCUT2D eigenvalue weighted by molar-refractivity contribution is -0.127. The van der Waals surface area contributed by atoms with Crippen LogP contribution in [0.5, 0.6) is 5.75 Å². The van der Waals surface area contributed by atoms with E-state index in [1.165, 1.54) is 5.56 Å². The minimum Gasteiger partial charge on any atom is -0.494 e. The second-order valence-electron chi connectivity index (χ2n) is 7.27. The molecule has 6 heteroatoms. The summed E-state index contributed by atoms with van der Waals surface area (Å²) in [6.07, 6.45) is 1.86. The van der Waals surface area contributed by atoms with Crippen LogP contribution < -0.4 is 15.4 Å². The van der Waals surface area contributed by atoms with Crippen LogP contribution >= 0.6 is 12.4 Å². The fourth-order valence-corrected chi connectivity index (χ4v) is 3.70. The van der Waals surface area contributed by atoms with Crippen molar-refractivity contribution in [1.82, 2.24) is 10.6 Å². The molecule has 2 fully saturated rings. The minimum atomic E-state index is -0.0454. The van der Waals surface area contributed by atoms with Crippen LogP contribution in [0.2, 0.25) is 0 Å². The summed E-state index contributed by atoms with van der Waals surface area (Å²) in [6, 6.07) is 8.34. The van der Waals surface area contributed by atoms with Crippen molar-refractivity contribution in [3.05, 3.63) is 29.8 Å². The van der Waals surface area contributed by atoms with E-state index < -0.39 is 0 Å². The van der Waals surface area contributed by atoms with Crippen LogP contribution in [-0.4, -0.2) is 45.4 Å². The summed E-state index contributed by atoms with van der Waals surface area (Å²) in [6.45, 7) is 8.75. The van der Waals surface area contributed by atoms with Crippen LogP contribution in [0.3, 0.4) is 0 Å². The van der Waals surface area contributed by atoms with Gasteiger partial charge < -0.3 is 20.1 Å². The van der Waals surface area contributed by atoms with E-state index in [9.17, 15) is 4.79 Å². The Morgan fingerprint density at radius 1 is 1.31 bits per heavy atom. The number of amides is 1. The highest BCUT2D eigenvalue weighted by Crippen LogP contribution is 2.35. The Bertz CT molecular complexity index is 569. The van der Waals surface area contributed by atoms with Crippen molar-refractivity contribution in [3.8, 4) is 5.75 Å². The van der Waals surface area contributed by atoms with Crippen molar-refractivity contribution in [2.24, 2.45) is 11.8 Å². The zero-order valence-electron chi connectivity index (χ0n) is 15.8. The van der Waals surface area contributed by atoms with Crippen LogP contribution in [0.25, 0.3) is 0 Å². The van der Waals surface area contributed by atoms with Crippen molar-refractivity contribution < 1.29 is 14.3 Å². The fourth-order valence-electron chi connectivity index (χ4n) is 3.70. The predicted molar refractivity (Wildman–Crippen MR) is 105 cm³/mol. The van der Waals surface area contributed by atoms with Gasteiger partial charge in [-0.2, -0.15) is 0 Å². The molecule has 2 aliphatic rings. The van der Waals surface area contributed by atoms with Gasteiger partial charge in [-0.15, -0.1) is 12.4 Å². The van der Waals surface area contributed by atoms with Gasteiger partial charge in [0.25, 0.3) is 0 Å². The number of nitrogens with one attached hydrogen (secondary N) is 2. The van der Waals surface area contributed by atoms with Gasteiger partial charge in [-0.25, -0.2) is 0 Å². The molecule has 3 rings (SSSR count). The zero-order chi connectivity index (χ0) is 17.7. The molecular formula is C20H31ClN2O3. The number of hydrogen-bond donors (Lipinski definition) is 2. The Morgan fingerprint density at radius 2 is 1.96 bits per heavy atom. The van der Waals surface area contributed by atoms with Gasteiger partial charge in [0.15, 0.2) is 0 Å². The van der Waals surface area contributed by atoms with E-state index in [0.717, 1.165) is 44.9 Å². The van der Waals surface area contributed by atoms with Gasteiger partial charge in [-0.3, -0.25) is 4.79 Å². The Kier molecular flexibility index (Phi) is 7.74. The second kappa shape index (κ2) is 9.58. The van der Waals surface area contributed by atoms with E-state index in [1.54, 1.807) is 0 Å². The van der Waals surface area contributed by atoms with E-state index in [1.807, 2.05) is 26.0 Å². The SMILES string of the molecule is CCOc1ccc(C2(CNC(=O)C(C)C3CNC3)CCOCC2)cc1.Cl. The third-order valence-corrected chi connectivity index (χ3v) is 5.76. The molecule has 146 valence electrons. The van der Waals surface area contributed by atoms with Gasteiger partial charge >= 0.3 is 0 Å². The largest absolute Gasteiger partial charge is 0.494 e. The molecule has 0 bridgehead atoms. The summed E-state index contributed by atoms with van der Waals surface area (Å²) >= 11 is 0. The van der Waals surface area contributed by atoms with Gasteiger partial charge in [-0.1, -0.05) is 19.1 Å². The molecule has 5 nitrogen and oxygen atoms in total. The summed E-state index contributed by atoms with van der Waals surface area (Å²) in [5, 5.41) is 6.47. The molecule has 0 aromatic heterocycles. The lowest BCUT2D eigenvalue weighted by atomic mass is 9.74. The molecule has 1 atom stereocenters. The van der Waals surface area contributed by atoms with E-state index in [2.05, 4.69) is 22.8 Å². The maximum Gasteiger partial charge on any atom is 0.223 e. The maximum absolute atomic E-state index is 12.5. The van der Waals surface area contributed by atoms with Crippen LogP contribution in [0, 0.1) is 11.8 Å². The molecule has 1 aromatic carbocycles. The Morgan fingerprint density at radius 3 is 2.50 bits per heavy atom. The third-order valence-electron chi connectivity index (χ3n) is 5.76. The average Bonchev–Trinajstić information content (AvgIpc) is 2.60. The molecule has 1 aromatic rings. The fraction of sp³-hybridized carbons (Fsp3) is 0.650. The van der Waals surface area contributed by atoms with E-state index in [4.69, 9.17) is 9.47 Å². The molecule has 0 spiro atoms. The van der Waals surface area contributed by atoms with Gasteiger partial charge in [0.1, 0.15) is 5.75 Å². The zero-order valence-corrected chi connectivity index (χ0v) is 16.6. The Hall–Kier alpha value is -1.30. The van der Waals surface area contributed by atoms with Crippen molar-refractivity contribution in [3.63, 3.8) is 0 Å². The van der Waals surface area contributed by atoms with Crippen molar-refractivity contribution in [2.75, 3.05) is 39.5 Å². The first-order valence-electron chi connectivity index (χ1n) is 9.44. The molecule has 0 saturated carbocycles. The Labute approximate surface area is 162 Å². The standard InChI is InChI=1S/C20H30N2O3.ClH/c1-3-25-18-6-4-17(5-7-18)20(8-10-24-11-9-20)14-22-19(23)15(2)16-12-21-13-16;/h4-7,15-16,21H,3,8-14H2,1-2H3,(H,22,23);1H. The summed E-state index contributed by atoms with van der Waals surface area (Å²) in [4.78, 5) is 12.5. The molecule has 0 aliphatic carbocycles. The van der Waals surface area contributed by atoms with Crippen molar-refractivity contribution in [1.29, 1.82) is 0 Å². The quantitative estimate of drug-likeness (QED) is 0.760. The maximum atomic E-state index is 12.5. The average molecular weight is 383 g/mol. The molecule has 0 radical (unpaired) electrons. The predicted octanol–water partition coefficient (Wildman–Crippen LogP) is 2.53. The number of benzene rings is 1.